The molecule has 2 aromatic heterocycles. The van der Waals surface area contributed by atoms with Crippen LogP contribution in [-0.4, -0.2) is 31.6 Å². The molecule has 0 aliphatic carbocycles. The molecule has 1 N–H and O–H groups in total. The molecule has 3 rings (SSSR count). The smallest absolute Gasteiger partial charge is 0.183 e. The molecule has 2 heterocycles. The Bertz CT molecular complexity index is 737. The lowest BCUT2D eigenvalue weighted by molar-refractivity contribution is 0.340. The fourth-order valence-corrected chi connectivity index (χ4v) is 2.03. The van der Waals surface area contributed by atoms with Crippen LogP contribution in [0.1, 0.15) is 13.8 Å². The average molecular weight is 284 g/mol. The zero-order valence-corrected chi connectivity index (χ0v) is 11.9. The summed E-state index contributed by atoms with van der Waals surface area (Å²) in [4.78, 5) is 8.46. The van der Waals surface area contributed by atoms with Crippen LogP contribution < -0.4 is 10.1 Å². The Kier molecular flexibility index (Phi) is 3.63. The van der Waals surface area contributed by atoms with Gasteiger partial charge in [-0.1, -0.05) is 5.21 Å². The first-order chi connectivity index (χ1) is 10.3. The molecule has 0 fully saturated rings. The van der Waals surface area contributed by atoms with Crippen LogP contribution in [0.4, 0.5) is 11.5 Å². The van der Waals surface area contributed by atoms with E-state index in [1.165, 1.54) is 6.33 Å². The number of ether oxygens (including phenoxy) is 1. The summed E-state index contributed by atoms with van der Waals surface area (Å²) in [5, 5.41) is 11.4. The molecular weight excluding hydrogens is 268 g/mol. The van der Waals surface area contributed by atoms with E-state index in [1.807, 2.05) is 38.1 Å². The zero-order chi connectivity index (χ0) is 14.7. The molecule has 0 saturated carbocycles. The molecular formula is C14H16N6O. The number of nitrogens with one attached hydrogen (secondary N) is 1. The van der Waals surface area contributed by atoms with Crippen molar-refractivity contribution >= 4 is 22.7 Å². The fourth-order valence-electron chi connectivity index (χ4n) is 2.03. The highest BCUT2D eigenvalue weighted by molar-refractivity contribution is 5.84. The van der Waals surface area contributed by atoms with Gasteiger partial charge < -0.3 is 10.1 Å². The second-order valence-corrected chi connectivity index (χ2v) is 4.38. The highest BCUT2D eigenvalue weighted by Crippen LogP contribution is 2.22. The topological polar surface area (TPSA) is 77.8 Å². The Morgan fingerprint density at radius 3 is 2.67 bits per heavy atom. The summed E-state index contributed by atoms with van der Waals surface area (Å²) in [6.45, 7) is 5.33. The number of anilines is 2. The first kappa shape index (κ1) is 13.3. The molecule has 0 unspecified atom stereocenters. The van der Waals surface area contributed by atoms with Crippen molar-refractivity contribution in [2.24, 2.45) is 0 Å². The first-order valence-corrected chi connectivity index (χ1v) is 6.86. The molecule has 7 heteroatoms. The number of rotatable bonds is 5. The van der Waals surface area contributed by atoms with Crippen LogP contribution in [0.3, 0.4) is 0 Å². The summed E-state index contributed by atoms with van der Waals surface area (Å²) in [5.74, 6) is 1.48. The summed E-state index contributed by atoms with van der Waals surface area (Å²) in [7, 11) is 0. The Hall–Kier alpha value is -2.70. The van der Waals surface area contributed by atoms with Crippen molar-refractivity contribution in [3.05, 3.63) is 30.6 Å². The zero-order valence-electron chi connectivity index (χ0n) is 11.9. The van der Waals surface area contributed by atoms with Crippen LogP contribution in [-0.2, 0) is 6.54 Å². The second kappa shape index (κ2) is 5.74. The largest absolute Gasteiger partial charge is 0.494 e. The number of fused-ring (bicyclic) bond motifs is 1. The van der Waals surface area contributed by atoms with Gasteiger partial charge in [-0.05, 0) is 38.1 Å². The SMILES string of the molecule is CCOc1ccc(Nc2ncnc3c2nnn3CC)cc1. The van der Waals surface area contributed by atoms with Gasteiger partial charge in [-0.3, -0.25) is 0 Å². The van der Waals surface area contributed by atoms with Gasteiger partial charge in [0.05, 0.1) is 6.61 Å². The molecule has 0 bridgehead atoms. The highest BCUT2D eigenvalue weighted by atomic mass is 16.5. The van der Waals surface area contributed by atoms with Gasteiger partial charge in [-0.25, -0.2) is 14.6 Å². The number of aryl methyl sites for hydroxylation is 1. The molecule has 3 aromatic rings. The molecule has 0 saturated heterocycles. The minimum Gasteiger partial charge on any atom is -0.494 e. The summed E-state index contributed by atoms with van der Waals surface area (Å²) < 4.78 is 7.16. The molecule has 0 aliphatic heterocycles. The van der Waals surface area contributed by atoms with Gasteiger partial charge in [-0.15, -0.1) is 5.10 Å². The van der Waals surface area contributed by atoms with Gasteiger partial charge in [-0.2, -0.15) is 0 Å². The van der Waals surface area contributed by atoms with Crippen molar-refractivity contribution in [2.75, 3.05) is 11.9 Å². The van der Waals surface area contributed by atoms with Gasteiger partial charge >= 0.3 is 0 Å². The Morgan fingerprint density at radius 1 is 1.14 bits per heavy atom. The van der Waals surface area contributed by atoms with Crippen LogP contribution in [0.25, 0.3) is 11.2 Å². The van der Waals surface area contributed by atoms with Crippen molar-refractivity contribution < 1.29 is 4.74 Å². The minimum absolute atomic E-state index is 0.642. The van der Waals surface area contributed by atoms with E-state index in [0.717, 1.165) is 23.6 Å². The van der Waals surface area contributed by atoms with E-state index in [0.29, 0.717) is 17.9 Å². The second-order valence-electron chi connectivity index (χ2n) is 4.38. The van der Waals surface area contributed by atoms with Crippen molar-refractivity contribution in [2.45, 2.75) is 20.4 Å². The van der Waals surface area contributed by atoms with E-state index in [2.05, 4.69) is 25.6 Å². The highest BCUT2D eigenvalue weighted by Gasteiger charge is 2.10. The van der Waals surface area contributed by atoms with E-state index in [1.54, 1.807) is 4.68 Å². The maximum Gasteiger partial charge on any atom is 0.183 e. The monoisotopic (exact) mass is 284 g/mol. The predicted molar refractivity (Wildman–Crippen MR) is 79.7 cm³/mol. The van der Waals surface area contributed by atoms with Crippen LogP contribution in [0.2, 0.25) is 0 Å². The number of nitrogens with zero attached hydrogens (tertiary/aromatic N) is 5. The van der Waals surface area contributed by atoms with Gasteiger partial charge in [0.2, 0.25) is 0 Å². The number of aromatic nitrogens is 5. The number of hydrogen-bond donors (Lipinski definition) is 1. The molecule has 0 radical (unpaired) electrons. The standard InChI is InChI=1S/C14H16N6O/c1-3-20-14-12(18-19-20)13(15-9-16-14)17-10-5-7-11(8-6-10)21-4-2/h5-9H,3-4H2,1-2H3,(H,15,16,17). The third kappa shape index (κ3) is 2.62. The molecule has 7 nitrogen and oxygen atoms in total. The molecule has 0 atom stereocenters. The summed E-state index contributed by atoms with van der Waals surface area (Å²) in [6.07, 6.45) is 1.51. The quantitative estimate of drug-likeness (QED) is 0.775. The molecule has 1 aromatic carbocycles. The Labute approximate surface area is 122 Å². The Morgan fingerprint density at radius 2 is 1.95 bits per heavy atom. The summed E-state index contributed by atoms with van der Waals surface area (Å²) >= 11 is 0. The molecule has 0 amide bonds. The third-order valence-electron chi connectivity index (χ3n) is 3.03. The van der Waals surface area contributed by atoms with Gasteiger partial charge in [0, 0.05) is 12.2 Å². The van der Waals surface area contributed by atoms with E-state index < -0.39 is 0 Å². The van der Waals surface area contributed by atoms with Gasteiger partial charge in [0.15, 0.2) is 17.0 Å². The van der Waals surface area contributed by atoms with E-state index >= 15 is 0 Å². The average Bonchev–Trinajstić information content (AvgIpc) is 2.94. The first-order valence-electron chi connectivity index (χ1n) is 6.86. The lowest BCUT2D eigenvalue weighted by Gasteiger charge is -2.07. The maximum atomic E-state index is 5.42. The van der Waals surface area contributed by atoms with E-state index in [9.17, 15) is 0 Å². The lowest BCUT2D eigenvalue weighted by Crippen LogP contribution is -1.99. The van der Waals surface area contributed by atoms with Crippen molar-refractivity contribution in [1.29, 1.82) is 0 Å². The van der Waals surface area contributed by atoms with Crippen molar-refractivity contribution in [3.63, 3.8) is 0 Å². The van der Waals surface area contributed by atoms with Crippen LogP contribution in [0, 0.1) is 0 Å². The Balaban J connectivity index is 1.89. The third-order valence-corrected chi connectivity index (χ3v) is 3.03. The normalized spacial score (nSPS) is 10.8. The molecule has 108 valence electrons. The van der Waals surface area contributed by atoms with Crippen LogP contribution >= 0.6 is 0 Å². The van der Waals surface area contributed by atoms with E-state index in [-0.39, 0.29) is 0 Å². The number of hydrogen-bond acceptors (Lipinski definition) is 6. The summed E-state index contributed by atoms with van der Waals surface area (Å²) in [5.41, 5.74) is 2.29. The molecule has 21 heavy (non-hydrogen) atoms. The maximum absolute atomic E-state index is 5.42. The van der Waals surface area contributed by atoms with Crippen LogP contribution in [0.5, 0.6) is 5.75 Å². The van der Waals surface area contributed by atoms with Gasteiger partial charge in [0.1, 0.15) is 12.1 Å². The van der Waals surface area contributed by atoms with E-state index in [4.69, 9.17) is 4.74 Å². The minimum atomic E-state index is 0.642. The molecule has 0 aliphatic rings. The van der Waals surface area contributed by atoms with Crippen molar-refractivity contribution in [3.8, 4) is 5.75 Å². The predicted octanol–water partition coefficient (Wildman–Crippen LogP) is 2.38. The molecule has 0 spiro atoms. The van der Waals surface area contributed by atoms with Crippen LogP contribution in [0.15, 0.2) is 30.6 Å². The number of benzene rings is 1. The fraction of sp³-hybridized carbons (Fsp3) is 0.286. The van der Waals surface area contributed by atoms with Gasteiger partial charge in [0.25, 0.3) is 0 Å². The summed E-state index contributed by atoms with van der Waals surface area (Å²) in [6, 6.07) is 7.69. The van der Waals surface area contributed by atoms with Crippen molar-refractivity contribution in [1.82, 2.24) is 25.0 Å². The lowest BCUT2D eigenvalue weighted by atomic mass is 10.3.